The average Bonchev–Trinajstić information content (AvgIpc) is 3.50. The number of alkyl halides is 2. The SMILES string of the molecule is COc1ccc(Cn2nnnc2C(F)(F)c2ccc3c(C)nn(Cc4c(Cl)cccc4OC)c3c2)cc1. The summed E-state index contributed by atoms with van der Waals surface area (Å²) in [7, 11) is 3.11. The first-order valence-electron chi connectivity index (χ1n) is 11.4. The summed E-state index contributed by atoms with van der Waals surface area (Å²) in [5.74, 6) is -2.76. The largest absolute Gasteiger partial charge is 0.497 e. The zero-order chi connectivity index (χ0) is 26.2. The average molecular weight is 525 g/mol. The van der Waals surface area contributed by atoms with Crippen LogP contribution in [0.1, 0.15) is 28.2 Å². The lowest BCUT2D eigenvalue weighted by Crippen LogP contribution is -2.23. The molecule has 0 aliphatic heterocycles. The van der Waals surface area contributed by atoms with Gasteiger partial charge in [-0.1, -0.05) is 41.9 Å². The first-order valence-corrected chi connectivity index (χ1v) is 11.8. The highest BCUT2D eigenvalue weighted by Gasteiger charge is 2.40. The molecule has 0 amide bonds. The van der Waals surface area contributed by atoms with E-state index in [1.54, 1.807) is 67.4 Å². The van der Waals surface area contributed by atoms with Crippen molar-refractivity contribution in [3.05, 3.63) is 93.9 Å². The van der Waals surface area contributed by atoms with Crippen molar-refractivity contribution < 1.29 is 18.3 Å². The number of hydrogen-bond acceptors (Lipinski definition) is 6. The van der Waals surface area contributed by atoms with Gasteiger partial charge < -0.3 is 9.47 Å². The molecule has 2 aromatic heterocycles. The summed E-state index contributed by atoms with van der Waals surface area (Å²) < 4.78 is 45.0. The van der Waals surface area contributed by atoms with Gasteiger partial charge in [-0.05, 0) is 53.2 Å². The third-order valence-corrected chi connectivity index (χ3v) is 6.56. The van der Waals surface area contributed by atoms with E-state index < -0.39 is 11.7 Å². The second kappa shape index (κ2) is 9.78. The predicted molar refractivity (Wildman–Crippen MR) is 134 cm³/mol. The van der Waals surface area contributed by atoms with Crippen LogP contribution >= 0.6 is 11.6 Å². The molecule has 190 valence electrons. The van der Waals surface area contributed by atoms with Gasteiger partial charge in [-0.25, -0.2) is 4.68 Å². The molecule has 0 spiro atoms. The van der Waals surface area contributed by atoms with Crippen LogP contribution in [-0.2, 0) is 19.0 Å². The van der Waals surface area contributed by atoms with Gasteiger partial charge >= 0.3 is 5.92 Å². The van der Waals surface area contributed by atoms with Gasteiger partial charge in [-0.3, -0.25) is 4.68 Å². The summed E-state index contributed by atoms with van der Waals surface area (Å²) in [6.07, 6.45) is 0. The molecule has 0 N–H and O–H groups in total. The molecule has 0 saturated heterocycles. The lowest BCUT2D eigenvalue weighted by molar-refractivity contribution is 0.0281. The molecular formula is C26H23ClF2N6O2. The molecule has 11 heteroatoms. The number of aromatic nitrogens is 6. The summed E-state index contributed by atoms with van der Waals surface area (Å²) in [5.41, 5.74) is 2.45. The lowest BCUT2D eigenvalue weighted by Gasteiger charge is -2.17. The van der Waals surface area contributed by atoms with Crippen LogP contribution in [0.25, 0.3) is 10.9 Å². The minimum atomic E-state index is -3.46. The molecular weight excluding hydrogens is 502 g/mol. The number of halogens is 3. The minimum Gasteiger partial charge on any atom is -0.497 e. The van der Waals surface area contributed by atoms with Gasteiger partial charge in [0, 0.05) is 21.5 Å². The second-order valence-electron chi connectivity index (χ2n) is 8.48. The van der Waals surface area contributed by atoms with Gasteiger partial charge in [-0.2, -0.15) is 13.9 Å². The van der Waals surface area contributed by atoms with Crippen molar-refractivity contribution in [3.63, 3.8) is 0 Å². The molecule has 0 unspecified atom stereocenters. The van der Waals surface area contributed by atoms with Crippen molar-refractivity contribution in [3.8, 4) is 11.5 Å². The van der Waals surface area contributed by atoms with E-state index in [0.29, 0.717) is 33.3 Å². The molecule has 0 bridgehead atoms. The van der Waals surface area contributed by atoms with E-state index >= 15 is 8.78 Å². The van der Waals surface area contributed by atoms with Gasteiger partial charge in [0.15, 0.2) is 0 Å². The quantitative estimate of drug-likeness (QED) is 0.276. The van der Waals surface area contributed by atoms with Crippen molar-refractivity contribution in [2.75, 3.05) is 14.2 Å². The van der Waals surface area contributed by atoms with Crippen molar-refractivity contribution >= 4 is 22.5 Å². The summed E-state index contributed by atoms with van der Waals surface area (Å²) in [6.45, 7) is 2.15. The predicted octanol–water partition coefficient (Wildman–Crippen LogP) is 5.24. The van der Waals surface area contributed by atoms with E-state index in [-0.39, 0.29) is 18.7 Å². The fourth-order valence-electron chi connectivity index (χ4n) is 4.26. The molecule has 5 rings (SSSR count). The molecule has 0 aliphatic rings. The summed E-state index contributed by atoms with van der Waals surface area (Å²) in [4.78, 5) is 0. The van der Waals surface area contributed by atoms with Crippen LogP contribution in [0.2, 0.25) is 5.02 Å². The van der Waals surface area contributed by atoms with Gasteiger partial charge in [0.2, 0.25) is 5.82 Å². The third-order valence-electron chi connectivity index (χ3n) is 6.21. The molecule has 37 heavy (non-hydrogen) atoms. The van der Waals surface area contributed by atoms with Gasteiger partial charge in [-0.15, -0.1) is 5.10 Å². The monoisotopic (exact) mass is 524 g/mol. The van der Waals surface area contributed by atoms with E-state index in [4.69, 9.17) is 21.1 Å². The molecule has 8 nitrogen and oxygen atoms in total. The number of nitrogens with zero attached hydrogens (tertiary/aromatic N) is 6. The Morgan fingerprint density at radius 2 is 1.73 bits per heavy atom. The van der Waals surface area contributed by atoms with E-state index in [1.165, 1.54) is 12.1 Å². The van der Waals surface area contributed by atoms with Crippen molar-refractivity contribution in [2.24, 2.45) is 0 Å². The standard InChI is InChI=1S/C26H23ClF2N6O2/c1-16-20-12-9-18(13-23(20)34(31-16)15-21-22(27)5-4-6-24(21)37-3)26(28,29)25-30-32-33-35(25)14-17-7-10-19(36-2)11-8-17/h4-13H,14-15H2,1-3H3. The molecule has 0 aliphatic carbocycles. The van der Waals surface area contributed by atoms with Crippen LogP contribution in [0.4, 0.5) is 8.78 Å². The maximum absolute atomic E-state index is 15.8. The van der Waals surface area contributed by atoms with Crippen LogP contribution in [0.3, 0.4) is 0 Å². The van der Waals surface area contributed by atoms with Crippen molar-refractivity contribution in [2.45, 2.75) is 25.9 Å². The summed E-state index contributed by atoms with van der Waals surface area (Å²) in [6, 6.07) is 16.8. The highest BCUT2D eigenvalue weighted by molar-refractivity contribution is 6.31. The fourth-order valence-corrected chi connectivity index (χ4v) is 4.48. The third kappa shape index (κ3) is 4.60. The Labute approximate surface area is 216 Å². The lowest BCUT2D eigenvalue weighted by atomic mass is 10.0. The smallest absolute Gasteiger partial charge is 0.333 e. The van der Waals surface area contributed by atoms with Crippen LogP contribution in [0, 0.1) is 6.92 Å². The summed E-state index contributed by atoms with van der Waals surface area (Å²) in [5, 5.41) is 16.8. The molecule has 2 heterocycles. The first kappa shape index (κ1) is 24.6. The van der Waals surface area contributed by atoms with Gasteiger partial charge in [0.05, 0.1) is 38.5 Å². The topological polar surface area (TPSA) is 79.9 Å². The first-order chi connectivity index (χ1) is 17.8. The Morgan fingerprint density at radius 3 is 2.46 bits per heavy atom. The fraction of sp³-hybridized carbons (Fsp3) is 0.231. The van der Waals surface area contributed by atoms with E-state index in [2.05, 4.69) is 20.6 Å². The van der Waals surface area contributed by atoms with E-state index in [9.17, 15) is 0 Å². The normalized spacial score (nSPS) is 11.7. The Balaban J connectivity index is 1.51. The number of fused-ring (bicyclic) bond motifs is 1. The van der Waals surface area contributed by atoms with E-state index in [0.717, 1.165) is 15.6 Å². The van der Waals surface area contributed by atoms with Crippen LogP contribution in [-0.4, -0.2) is 44.2 Å². The minimum absolute atomic E-state index is 0.0769. The van der Waals surface area contributed by atoms with Crippen LogP contribution in [0.15, 0.2) is 60.7 Å². The highest BCUT2D eigenvalue weighted by Crippen LogP contribution is 2.37. The Hall–Kier alpha value is -4.05. The zero-order valence-electron chi connectivity index (χ0n) is 20.3. The highest BCUT2D eigenvalue weighted by atomic mass is 35.5. The number of tetrazole rings is 1. The van der Waals surface area contributed by atoms with Gasteiger partial charge in [0.1, 0.15) is 11.5 Å². The van der Waals surface area contributed by atoms with Crippen LogP contribution < -0.4 is 9.47 Å². The molecule has 3 aromatic carbocycles. The number of rotatable bonds is 8. The number of aryl methyl sites for hydroxylation is 1. The number of ether oxygens (including phenoxy) is 2. The second-order valence-corrected chi connectivity index (χ2v) is 8.89. The maximum atomic E-state index is 15.8. The zero-order valence-corrected chi connectivity index (χ0v) is 21.1. The molecule has 0 radical (unpaired) electrons. The van der Waals surface area contributed by atoms with E-state index in [1.807, 2.05) is 6.92 Å². The number of hydrogen-bond donors (Lipinski definition) is 0. The molecule has 0 atom stereocenters. The van der Waals surface area contributed by atoms with Gasteiger partial charge in [0.25, 0.3) is 0 Å². The van der Waals surface area contributed by atoms with Crippen LogP contribution in [0.5, 0.6) is 11.5 Å². The van der Waals surface area contributed by atoms with Crippen molar-refractivity contribution in [1.82, 2.24) is 30.0 Å². The number of benzene rings is 3. The van der Waals surface area contributed by atoms with Crippen molar-refractivity contribution in [1.29, 1.82) is 0 Å². The summed E-state index contributed by atoms with van der Waals surface area (Å²) >= 11 is 6.42. The maximum Gasteiger partial charge on any atom is 0.333 e. The molecule has 5 aromatic rings. The Kier molecular flexibility index (Phi) is 6.51. The number of methoxy groups -OCH3 is 2. The Bertz CT molecular complexity index is 1570. The molecule has 0 fully saturated rings. The molecule has 0 saturated carbocycles. The Morgan fingerprint density at radius 1 is 0.946 bits per heavy atom.